The number of nitrogens with one attached hydrogen (secondary N) is 2. The van der Waals surface area contributed by atoms with Crippen LogP contribution in [0.25, 0.3) is 0 Å². The normalized spacial score (nSPS) is 20.1. The van der Waals surface area contributed by atoms with Crippen LogP contribution in [0.1, 0.15) is 19.3 Å². The first kappa shape index (κ1) is 20.8. The zero-order valence-corrected chi connectivity index (χ0v) is 16.8. The van der Waals surface area contributed by atoms with E-state index in [1.54, 1.807) is 14.2 Å². The second-order valence-corrected chi connectivity index (χ2v) is 7.43. The number of benzene rings is 1. The van der Waals surface area contributed by atoms with E-state index in [-0.39, 0.29) is 6.04 Å². The number of hydrogen-bond acceptors (Lipinski definition) is 4. The molecule has 1 saturated heterocycles. The number of halogens is 2. The number of ether oxygens (including phenoxy) is 1. The maximum atomic E-state index is 14.0. The third-order valence-corrected chi connectivity index (χ3v) is 5.34. The summed E-state index contributed by atoms with van der Waals surface area (Å²) in [4.78, 5) is 8.71. The fourth-order valence-electron chi connectivity index (χ4n) is 3.67. The molecule has 1 aromatic carbocycles. The molecule has 3 rings (SSSR count). The number of guanidine groups is 1. The van der Waals surface area contributed by atoms with Gasteiger partial charge in [0, 0.05) is 65.0 Å². The first-order valence-electron chi connectivity index (χ1n) is 10.0. The molecule has 1 unspecified atom stereocenters. The molecule has 1 atom stereocenters. The molecule has 1 heterocycles. The monoisotopic (exact) mass is 395 g/mol. The Hall–Kier alpha value is -1.93. The van der Waals surface area contributed by atoms with Crippen molar-refractivity contribution in [1.29, 1.82) is 0 Å². The van der Waals surface area contributed by atoms with Gasteiger partial charge in [-0.1, -0.05) is 0 Å². The van der Waals surface area contributed by atoms with Gasteiger partial charge >= 0.3 is 0 Å². The molecule has 0 radical (unpaired) electrons. The molecule has 1 aliphatic heterocycles. The van der Waals surface area contributed by atoms with Gasteiger partial charge in [0.1, 0.15) is 11.6 Å². The molecule has 1 saturated carbocycles. The summed E-state index contributed by atoms with van der Waals surface area (Å²) in [6, 6.07) is 4.61. The summed E-state index contributed by atoms with van der Waals surface area (Å²) in [7, 11) is 3.49. The molecule has 0 spiro atoms. The molecule has 0 bridgehead atoms. The third kappa shape index (κ3) is 5.78. The van der Waals surface area contributed by atoms with Gasteiger partial charge in [-0.15, -0.1) is 0 Å². The number of nitrogens with zero attached hydrogens (tertiary/aromatic N) is 3. The van der Waals surface area contributed by atoms with Gasteiger partial charge in [0.15, 0.2) is 5.96 Å². The largest absolute Gasteiger partial charge is 0.383 e. The van der Waals surface area contributed by atoms with Crippen LogP contribution in [0.2, 0.25) is 0 Å². The van der Waals surface area contributed by atoms with Crippen LogP contribution < -0.4 is 15.5 Å². The lowest BCUT2D eigenvalue weighted by Crippen LogP contribution is -2.47. The fourth-order valence-corrected chi connectivity index (χ4v) is 3.67. The van der Waals surface area contributed by atoms with Crippen molar-refractivity contribution in [2.75, 3.05) is 58.4 Å². The molecule has 28 heavy (non-hydrogen) atoms. The minimum Gasteiger partial charge on any atom is -0.383 e. The van der Waals surface area contributed by atoms with E-state index in [9.17, 15) is 8.78 Å². The molecule has 2 N–H and O–H groups in total. The molecule has 2 aliphatic rings. The van der Waals surface area contributed by atoms with E-state index in [1.807, 2.05) is 4.90 Å². The van der Waals surface area contributed by atoms with Gasteiger partial charge in [-0.3, -0.25) is 9.89 Å². The minimum absolute atomic E-state index is 0.170. The van der Waals surface area contributed by atoms with Gasteiger partial charge in [-0.2, -0.15) is 0 Å². The summed E-state index contributed by atoms with van der Waals surface area (Å²) in [5.74, 6) is -0.307. The fraction of sp³-hybridized carbons (Fsp3) is 0.650. The van der Waals surface area contributed by atoms with Crippen molar-refractivity contribution in [3.63, 3.8) is 0 Å². The number of hydrogen-bond donors (Lipinski definition) is 2. The topological polar surface area (TPSA) is 52.1 Å². The molecule has 6 nitrogen and oxygen atoms in total. The highest BCUT2D eigenvalue weighted by Crippen LogP contribution is 2.26. The highest BCUT2D eigenvalue weighted by Gasteiger charge is 2.28. The van der Waals surface area contributed by atoms with Gasteiger partial charge in [-0.25, -0.2) is 8.78 Å². The van der Waals surface area contributed by atoms with E-state index >= 15 is 0 Å². The van der Waals surface area contributed by atoms with E-state index < -0.39 is 11.6 Å². The molecule has 2 fully saturated rings. The maximum absolute atomic E-state index is 14.0. The third-order valence-electron chi connectivity index (χ3n) is 5.34. The molecule has 0 amide bonds. The summed E-state index contributed by atoms with van der Waals surface area (Å²) in [6.45, 7) is 4.85. The van der Waals surface area contributed by atoms with Gasteiger partial charge in [0.05, 0.1) is 12.3 Å². The Morgan fingerprint density at radius 3 is 2.79 bits per heavy atom. The van der Waals surface area contributed by atoms with E-state index in [1.165, 1.54) is 25.0 Å². The summed E-state index contributed by atoms with van der Waals surface area (Å²) in [5.41, 5.74) is 0.451. The molecular formula is C20H31F2N5O. The quantitative estimate of drug-likeness (QED) is 0.494. The molecule has 1 aliphatic carbocycles. The minimum atomic E-state index is -0.550. The Balaban J connectivity index is 1.43. The van der Waals surface area contributed by atoms with Crippen molar-refractivity contribution >= 4 is 11.6 Å². The van der Waals surface area contributed by atoms with Crippen molar-refractivity contribution in [2.24, 2.45) is 4.99 Å². The number of methoxy groups -OCH3 is 1. The standard InChI is InChI=1S/C20H31F2N5O/c1-23-20(24-8-10-26(11-12-28-2)17-4-5-17)25-16-7-9-27(14-16)19-6-3-15(21)13-18(19)22/h3,6,13,16-17H,4-5,7-12,14H2,1-2H3,(H2,23,24,25). The van der Waals surface area contributed by atoms with Crippen LogP contribution in [-0.4, -0.2) is 76.4 Å². The Morgan fingerprint density at radius 1 is 1.29 bits per heavy atom. The Labute approximate surface area is 165 Å². The Kier molecular flexibility index (Phi) is 7.44. The number of anilines is 1. The van der Waals surface area contributed by atoms with E-state index in [0.717, 1.165) is 51.2 Å². The second kappa shape index (κ2) is 10.0. The van der Waals surface area contributed by atoms with Crippen LogP contribution in [0.3, 0.4) is 0 Å². The van der Waals surface area contributed by atoms with Crippen LogP contribution in [-0.2, 0) is 4.74 Å². The van der Waals surface area contributed by atoms with Gasteiger partial charge in [0.25, 0.3) is 0 Å². The first-order valence-corrected chi connectivity index (χ1v) is 10.0. The highest BCUT2D eigenvalue weighted by atomic mass is 19.1. The Bertz CT molecular complexity index is 668. The SMILES string of the molecule is CN=C(NCCN(CCOC)C1CC1)NC1CCN(c2ccc(F)cc2F)C1. The maximum Gasteiger partial charge on any atom is 0.191 e. The molecule has 1 aromatic rings. The molecular weight excluding hydrogens is 364 g/mol. The van der Waals surface area contributed by atoms with Crippen molar-refractivity contribution < 1.29 is 13.5 Å². The van der Waals surface area contributed by atoms with Crippen molar-refractivity contribution in [3.05, 3.63) is 29.8 Å². The summed E-state index contributed by atoms with van der Waals surface area (Å²) in [6.07, 6.45) is 3.42. The smallest absolute Gasteiger partial charge is 0.191 e. The van der Waals surface area contributed by atoms with Gasteiger partial charge < -0.3 is 20.3 Å². The number of aliphatic imine (C=N–C) groups is 1. The lowest BCUT2D eigenvalue weighted by molar-refractivity contribution is 0.144. The van der Waals surface area contributed by atoms with Crippen LogP contribution in [0, 0.1) is 11.6 Å². The molecule has 8 heteroatoms. The van der Waals surface area contributed by atoms with E-state index in [0.29, 0.717) is 18.3 Å². The van der Waals surface area contributed by atoms with Crippen LogP contribution in [0.5, 0.6) is 0 Å². The van der Waals surface area contributed by atoms with Gasteiger partial charge in [0.2, 0.25) is 0 Å². The second-order valence-electron chi connectivity index (χ2n) is 7.43. The molecule has 0 aromatic heterocycles. The lowest BCUT2D eigenvalue weighted by atomic mass is 10.2. The summed E-state index contributed by atoms with van der Waals surface area (Å²) in [5, 5.41) is 6.79. The van der Waals surface area contributed by atoms with Crippen LogP contribution in [0.15, 0.2) is 23.2 Å². The lowest BCUT2D eigenvalue weighted by Gasteiger charge is -2.23. The highest BCUT2D eigenvalue weighted by molar-refractivity contribution is 5.80. The van der Waals surface area contributed by atoms with Crippen molar-refractivity contribution in [3.8, 4) is 0 Å². The number of rotatable bonds is 9. The zero-order valence-electron chi connectivity index (χ0n) is 16.8. The molecule has 156 valence electrons. The van der Waals surface area contributed by atoms with E-state index in [4.69, 9.17) is 4.74 Å². The average molecular weight is 395 g/mol. The predicted molar refractivity (Wildman–Crippen MR) is 108 cm³/mol. The summed E-state index contributed by atoms with van der Waals surface area (Å²) < 4.78 is 32.3. The van der Waals surface area contributed by atoms with Gasteiger partial charge in [-0.05, 0) is 31.4 Å². The predicted octanol–water partition coefficient (Wildman–Crippen LogP) is 1.82. The van der Waals surface area contributed by atoms with Crippen LogP contribution in [0.4, 0.5) is 14.5 Å². The van der Waals surface area contributed by atoms with E-state index in [2.05, 4.69) is 20.5 Å². The zero-order chi connectivity index (χ0) is 19.9. The van der Waals surface area contributed by atoms with Crippen LogP contribution >= 0.6 is 0 Å². The summed E-state index contributed by atoms with van der Waals surface area (Å²) >= 11 is 0. The van der Waals surface area contributed by atoms with Crippen molar-refractivity contribution in [2.45, 2.75) is 31.3 Å². The van der Waals surface area contributed by atoms with Crippen molar-refractivity contribution in [1.82, 2.24) is 15.5 Å². The first-order chi connectivity index (χ1) is 13.6. The average Bonchev–Trinajstić information content (AvgIpc) is 3.42. The Morgan fingerprint density at radius 2 is 2.11 bits per heavy atom.